The highest BCUT2D eigenvalue weighted by atomic mass is 127. The fraction of sp³-hybridized carbons (Fsp3) is 0.571. The number of rotatable bonds is 4. The quantitative estimate of drug-likeness (QED) is 0.444. The molecule has 1 aromatic heterocycles. The molecule has 0 bridgehead atoms. The van der Waals surface area contributed by atoms with Gasteiger partial charge in [0.05, 0.1) is 13.1 Å². The van der Waals surface area contributed by atoms with Gasteiger partial charge >= 0.3 is 0 Å². The Morgan fingerprint density at radius 3 is 2.71 bits per heavy atom. The van der Waals surface area contributed by atoms with Crippen molar-refractivity contribution < 1.29 is 4.79 Å². The van der Waals surface area contributed by atoms with Crippen LogP contribution in [0.2, 0.25) is 0 Å². The first-order chi connectivity index (χ1) is 9.79. The zero-order valence-electron chi connectivity index (χ0n) is 12.3. The van der Waals surface area contributed by atoms with Crippen molar-refractivity contribution >= 4 is 47.2 Å². The van der Waals surface area contributed by atoms with Gasteiger partial charge in [0.15, 0.2) is 5.96 Å². The molecule has 2 N–H and O–H groups in total. The van der Waals surface area contributed by atoms with E-state index in [1.165, 1.54) is 11.3 Å². The smallest absolute Gasteiger partial charge is 0.241 e. The average molecular weight is 422 g/mol. The van der Waals surface area contributed by atoms with Gasteiger partial charge in [-0.2, -0.15) is 0 Å². The van der Waals surface area contributed by atoms with Gasteiger partial charge in [-0.3, -0.25) is 9.79 Å². The molecule has 1 fully saturated rings. The van der Waals surface area contributed by atoms with E-state index in [9.17, 15) is 4.79 Å². The highest BCUT2D eigenvalue weighted by Crippen LogP contribution is 2.08. The van der Waals surface area contributed by atoms with Crippen LogP contribution in [0.5, 0.6) is 0 Å². The fourth-order valence-electron chi connectivity index (χ4n) is 2.22. The van der Waals surface area contributed by atoms with Crippen LogP contribution in [0, 0.1) is 0 Å². The molecule has 2 heterocycles. The number of piperidine rings is 1. The molecule has 2 rings (SSSR count). The first-order valence-electron chi connectivity index (χ1n) is 7.04. The maximum absolute atomic E-state index is 12.0. The molecule has 0 radical (unpaired) electrons. The Bertz CT molecular complexity index is 444. The summed E-state index contributed by atoms with van der Waals surface area (Å²) in [7, 11) is 1.72. The van der Waals surface area contributed by atoms with E-state index in [1.807, 2.05) is 16.3 Å². The number of hydrogen-bond donors (Lipinski definition) is 2. The molecule has 0 saturated carbocycles. The van der Waals surface area contributed by atoms with Crippen molar-refractivity contribution in [2.45, 2.75) is 25.8 Å². The lowest BCUT2D eigenvalue weighted by atomic mass is 10.1. The topological polar surface area (TPSA) is 56.7 Å². The number of hydrogen-bond acceptors (Lipinski definition) is 3. The van der Waals surface area contributed by atoms with Gasteiger partial charge in [0.1, 0.15) is 0 Å². The van der Waals surface area contributed by atoms with Gasteiger partial charge in [-0.15, -0.1) is 35.3 Å². The molecule has 1 aliphatic rings. The van der Waals surface area contributed by atoms with E-state index in [0.717, 1.165) is 32.5 Å². The van der Waals surface area contributed by atoms with Gasteiger partial charge in [-0.25, -0.2) is 0 Å². The summed E-state index contributed by atoms with van der Waals surface area (Å²) < 4.78 is 0. The van der Waals surface area contributed by atoms with Crippen LogP contribution in [-0.4, -0.2) is 43.4 Å². The van der Waals surface area contributed by atoms with Crippen LogP contribution in [0.15, 0.2) is 22.5 Å². The Morgan fingerprint density at radius 2 is 2.10 bits per heavy atom. The molecular formula is C14H23IN4OS. The lowest BCUT2D eigenvalue weighted by molar-refractivity contribution is -0.130. The molecule has 0 aliphatic carbocycles. The van der Waals surface area contributed by atoms with E-state index < -0.39 is 0 Å². The van der Waals surface area contributed by atoms with E-state index >= 15 is 0 Å². The number of likely N-dealkylation sites (tertiary alicyclic amines) is 1. The van der Waals surface area contributed by atoms with E-state index in [0.29, 0.717) is 12.5 Å². The predicted octanol–water partition coefficient (Wildman–Crippen LogP) is 2.04. The molecule has 5 nitrogen and oxygen atoms in total. The minimum absolute atomic E-state index is 0. The van der Waals surface area contributed by atoms with Gasteiger partial charge < -0.3 is 15.5 Å². The molecule has 21 heavy (non-hydrogen) atoms. The van der Waals surface area contributed by atoms with Gasteiger partial charge in [0.25, 0.3) is 0 Å². The van der Waals surface area contributed by atoms with Gasteiger partial charge in [-0.05, 0) is 30.7 Å². The van der Waals surface area contributed by atoms with E-state index in [1.54, 1.807) is 18.4 Å². The fourth-order valence-corrected chi connectivity index (χ4v) is 2.86. The number of nitrogens with one attached hydrogen (secondary N) is 2. The molecule has 7 heteroatoms. The van der Waals surface area contributed by atoms with Crippen LogP contribution in [0.3, 0.4) is 0 Å². The zero-order chi connectivity index (χ0) is 14.2. The first kappa shape index (κ1) is 18.2. The molecule has 1 amide bonds. The average Bonchev–Trinajstić information content (AvgIpc) is 3.01. The predicted molar refractivity (Wildman–Crippen MR) is 98.4 cm³/mol. The third-order valence-electron chi connectivity index (χ3n) is 3.35. The molecular weight excluding hydrogens is 399 g/mol. The Hall–Kier alpha value is -0.830. The minimum atomic E-state index is 0. The number of carbonyl (C=O) groups is 1. The number of aliphatic imine (C=N–C) groups is 1. The van der Waals surface area contributed by atoms with E-state index in [2.05, 4.69) is 21.7 Å². The van der Waals surface area contributed by atoms with Crippen molar-refractivity contribution in [3.8, 4) is 0 Å². The molecule has 0 aromatic carbocycles. The second-order valence-electron chi connectivity index (χ2n) is 4.80. The maximum Gasteiger partial charge on any atom is 0.241 e. The van der Waals surface area contributed by atoms with Crippen molar-refractivity contribution in [2.24, 2.45) is 4.99 Å². The number of halogens is 1. The monoisotopic (exact) mass is 422 g/mol. The van der Waals surface area contributed by atoms with Gasteiger partial charge in [0, 0.05) is 25.0 Å². The summed E-state index contributed by atoms with van der Waals surface area (Å²) in [4.78, 5) is 19.3. The highest BCUT2D eigenvalue weighted by molar-refractivity contribution is 14.0. The SMILES string of the molecule is CN=C(NCC(=O)N1CCCCC1)NCc1cccs1.I. The Labute approximate surface area is 147 Å². The van der Waals surface area contributed by atoms with Crippen molar-refractivity contribution in [2.75, 3.05) is 26.7 Å². The largest absolute Gasteiger partial charge is 0.352 e. The number of thiophene rings is 1. The summed E-state index contributed by atoms with van der Waals surface area (Å²) in [5, 5.41) is 8.34. The van der Waals surface area contributed by atoms with Crippen molar-refractivity contribution in [3.63, 3.8) is 0 Å². The Balaban J connectivity index is 0.00000220. The zero-order valence-corrected chi connectivity index (χ0v) is 15.4. The Kier molecular flexibility index (Phi) is 8.67. The molecule has 0 spiro atoms. The van der Waals surface area contributed by atoms with E-state index in [4.69, 9.17) is 0 Å². The summed E-state index contributed by atoms with van der Waals surface area (Å²) >= 11 is 1.70. The number of guanidine groups is 1. The summed E-state index contributed by atoms with van der Waals surface area (Å²) in [5.74, 6) is 0.826. The van der Waals surface area contributed by atoms with Crippen LogP contribution in [0.25, 0.3) is 0 Å². The summed E-state index contributed by atoms with van der Waals surface area (Å²) in [6, 6.07) is 4.10. The van der Waals surface area contributed by atoms with Crippen molar-refractivity contribution in [3.05, 3.63) is 22.4 Å². The second-order valence-corrected chi connectivity index (χ2v) is 5.83. The third kappa shape index (κ3) is 6.21. The first-order valence-corrected chi connectivity index (χ1v) is 7.92. The molecule has 1 aliphatic heterocycles. The standard InChI is InChI=1S/C14H22N4OS.HI/c1-15-14(16-10-12-6-5-9-20-12)17-11-13(19)18-7-3-2-4-8-18;/h5-6,9H,2-4,7-8,10-11H2,1H3,(H2,15,16,17);1H. The highest BCUT2D eigenvalue weighted by Gasteiger charge is 2.16. The van der Waals surface area contributed by atoms with Crippen LogP contribution in [0.1, 0.15) is 24.1 Å². The van der Waals surface area contributed by atoms with Crippen molar-refractivity contribution in [1.29, 1.82) is 0 Å². The lowest BCUT2D eigenvalue weighted by Gasteiger charge is -2.27. The number of carbonyl (C=O) groups excluding carboxylic acids is 1. The van der Waals surface area contributed by atoms with Gasteiger partial charge in [0.2, 0.25) is 5.91 Å². The minimum Gasteiger partial charge on any atom is -0.352 e. The van der Waals surface area contributed by atoms with Crippen molar-refractivity contribution in [1.82, 2.24) is 15.5 Å². The van der Waals surface area contributed by atoms with Crippen LogP contribution in [-0.2, 0) is 11.3 Å². The normalized spacial score (nSPS) is 15.3. The summed E-state index contributed by atoms with van der Waals surface area (Å²) in [6.45, 7) is 2.82. The summed E-state index contributed by atoms with van der Waals surface area (Å²) in [5.41, 5.74) is 0. The molecule has 1 aromatic rings. The molecule has 1 saturated heterocycles. The molecule has 0 unspecified atom stereocenters. The summed E-state index contributed by atoms with van der Waals surface area (Å²) in [6.07, 6.45) is 3.48. The van der Waals surface area contributed by atoms with Crippen LogP contribution >= 0.6 is 35.3 Å². The van der Waals surface area contributed by atoms with Crippen LogP contribution < -0.4 is 10.6 Å². The second kappa shape index (κ2) is 9.99. The van der Waals surface area contributed by atoms with Crippen LogP contribution in [0.4, 0.5) is 0 Å². The van der Waals surface area contributed by atoms with E-state index in [-0.39, 0.29) is 29.9 Å². The number of amides is 1. The third-order valence-corrected chi connectivity index (χ3v) is 4.23. The molecule has 118 valence electrons. The molecule has 0 atom stereocenters. The maximum atomic E-state index is 12.0. The lowest BCUT2D eigenvalue weighted by Crippen LogP contribution is -2.45. The van der Waals surface area contributed by atoms with Gasteiger partial charge in [-0.1, -0.05) is 6.07 Å². The number of nitrogens with zero attached hydrogens (tertiary/aromatic N) is 2. The Morgan fingerprint density at radius 1 is 1.33 bits per heavy atom.